The Morgan fingerprint density at radius 2 is 1.69 bits per heavy atom. The maximum atomic E-state index is 12.7. The largest absolute Gasteiger partial charge is 0.376 e. The zero-order valence-corrected chi connectivity index (χ0v) is 17.5. The van der Waals surface area contributed by atoms with Crippen molar-refractivity contribution in [2.45, 2.75) is 39.5 Å². The summed E-state index contributed by atoms with van der Waals surface area (Å²) in [6.45, 7) is 6.72. The molecule has 0 saturated carbocycles. The molecular formula is C24H31N3O2. The van der Waals surface area contributed by atoms with Crippen LogP contribution in [0.25, 0.3) is 0 Å². The van der Waals surface area contributed by atoms with Gasteiger partial charge in [-0.2, -0.15) is 0 Å². The predicted molar refractivity (Wildman–Crippen MR) is 119 cm³/mol. The lowest BCUT2D eigenvalue weighted by molar-refractivity contribution is -0.117. The number of anilines is 2. The summed E-state index contributed by atoms with van der Waals surface area (Å²) in [4.78, 5) is 29.2. The van der Waals surface area contributed by atoms with Gasteiger partial charge in [0.2, 0.25) is 5.91 Å². The number of hydrogen-bond donors (Lipinski definition) is 1. The number of amides is 2. The van der Waals surface area contributed by atoms with E-state index in [0.717, 1.165) is 56.7 Å². The molecule has 0 radical (unpaired) electrons. The van der Waals surface area contributed by atoms with Crippen LogP contribution in [0.5, 0.6) is 0 Å². The number of benzene rings is 2. The first-order chi connectivity index (χ1) is 14.1. The molecule has 0 atom stereocenters. The second kappa shape index (κ2) is 10.1. The number of nitrogens with one attached hydrogen (secondary N) is 1. The first-order valence-corrected chi connectivity index (χ1v) is 10.7. The van der Waals surface area contributed by atoms with Gasteiger partial charge in [-0.15, -0.1) is 0 Å². The monoisotopic (exact) mass is 393 g/mol. The maximum absolute atomic E-state index is 12.7. The van der Waals surface area contributed by atoms with Crippen LogP contribution >= 0.6 is 0 Å². The Labute approximate surface area is 173 Å². The Morgan fingerprint density at radius 3 is 2.38 bits per heavy atom. The molecule has 2 aromatic carbocycles. The van der Waals surface area contributed by atoms with Crippen LogP contribution < -0.4 is 10.2 Å². The van der Waals surface area contributed by atoms with E-state index in [2.05, 4.69) is 25.2 Å². The van der Waals surface area contributed by atoms with Gasteiger partial charge in [0.25, 0.3) is 5.91 Å². The topological polar surface area (TPSA) is 52.7 Å². The average molecular weight is 394 g/mol. The first kappa shape index (κ1) is 20.9. The molecule has 154 valence electrons. The number of hydrogen-bond acceptors (Lipinski definition) is 3. The van der Waals surface area contributed by atoms with Gasteiger partial charge >= 0.3 is 0 Å². The Balaban J connectivity index is 1.59. The van der Waals surface area contributed by atoms with E-state index in [4.69, 9.17) is 0 Å². The molecule has 0 fully saturated rings. The van der Waals surface area contributed by atoms with Gasteiger partial charge in [-0.25, -0.2) is 0 Å². The number of rotatable bonds is 8. The second-order valence-electron chi connectivity index (χ2n) is 7.50. The highest BCUT2D eigenvalue weighted by Gasteiger charge is 2.21. The standard InChI is InChI=1S/C24H31N3O2/c1-3-15-26(16-4-2)24(29)20-11-13-21(14-12-20)25-18-23(28)27-17-7-9-19-8-5-6-10-22(19)27/h5-6,8,10-14,25H,3-4,7,9,15-18H2,1-2H3. The summed E-state index contributed by atoms with van der Waals surface area (Å²) in [6, 6.07) is 15.5. The molecule has 5 nitrogen and oxygen atoms in total. The normalized spacial score (nSPS) is 13.0. The van der Waals surface area contributed by atoms with Gasteiger partial charge in [0.05, 0.1) is 6.54 Å². The maximum Gasteiger partial charge on any atom is 0.253 e. The average Bonchev–Trinajstić information content (AvgIpc) is 2.77. The number of para-hydroxylation sites is 1. The minimum absolute atomic E-state index is 0.0642. The molecule has 29 heavy (non-hydrogen) atoms. The van der Waals surface area contributed by atoms with Gasteiger partial charge in [-0.05, 0) is 61.6 Å². The van der Waals surface area contributed by atoms with E-state index < -0.39 is 0 Å². The number of carbonyl (C=O) groups is 2. The van der Waals surface area contributed by atoms with Crippen LogP contribution in [0.2, 0.25) is 0 Å². The van der Waals surface area contributed by atoms with Crippen molar-refractivity contribution in [3.8, 4) is 0 Å². The zero-order valence-electron chi connectivity index (χ0n) is 17.5. The van der Waals surface area contributed by atoms with Crippen LogP contribution in [0.1, 0.15) is 49.0 Å². The number of fused-ring (bicyclic) bond motifs is 1. The lowest BCUT2D eigenvalue weighted by Gasteiger charge is -2.29. The van der Waals surface area contributed by atoms with Crippen LogP contribution in [0.15, 0.2) is 48.5 Å². The van der Waals surface area contributed by atoms with Crippen molar-refractivity contribution in [1.82, 2.24) is 4.90 Å². The lowest BCUT2D eigenvalue weighted by atomic mass is 10.0. The molecule has 1 aliphatic heterocycles. The number of nitrogens with zero attached hydrogens (tertiary/aromatic N) is 2. The molecular weight excluding hydrogens is 362 g/mol. The molecule has 0 aromatic heterocycles. The minimum Gasteiger partial charge on any atom is -0.376 e. The van der Waals surface area contributed by atoms with Crippen LogP contribution in [0.3, 0.4) is 0 Å². The third-order valence-electron chi connectivity index (χ3n) is 5.26. The van der Waals surface area contributed by atoms with E-state index in [1.165, 1.54) is 5.56 Å². The molecule has 5 heteroatoms. The molecule has 1 aliphatic rings. The Morgan fingerprint density at radius 1 is 1.00 bits per heavy atom. The van der Waals surface area contributed by atoms with E-state index in [0.29, 0.717) is 5.56 Å². The van der Waals surface area contributed by atoms with Crippen molar-refractivity contribution in [3.05, 3.63) is 59.7 Å². The van der Waals surface area contributed by atoms with Crippen molar-refractivity contribution in [2.75, 3.05) is 36.4 Å². The van der Waals surface area contributed by atoms with Gasteiger partial charge in [0, 0.05) is 36.6 Å². The molecule has 0 aliphatic carbocycles. The Hall–Kier alpha value is -2.82. The van der Waals surface area contributed by atoms with E-state index >= 15 is 0 Å². The zero-order chi connectivity index (χ0) is 20.6. The molecule has 2 amide bonds. The van der Waals surface area contributed by atoms with Crippen molar-refractivity contribution in [3.63, 3.8) is 0 Å². The summed E-state index contributed by atoms with van der Waals surface area (Å²) in [7, 11) is 0. The molecule has 3 rings (SSSR count). The summed E-state index contributed by atoms with van der Waals surface area (Å²) < 4.78 is 0. The molecule has 0 spiro atoms. The molecule has 0 unspecified atom stereocenters. The van der Waals surface area contributed by atoms with Crippen molar-refractivity contribution < 1.29 is 9.59 Å². The third-order valence-corrected chi connectivity index (χ3v) is 5.26. The molecule has 0 bridgehead atoms. The van der Waals surface area contributed by atoms with Gasteiger partial charge in [-0.1, -0.05) is 32.0 Å². The number of aryl methyl sites for hydroxylation is 1. The molecule has 2 aromatic rings. The smallest absolute Gasteiger partial charge is 0.253 e. The summed E-state index contributed by atoms with van der Waals surface area (Å²) in [5.74, 6) is 0.135. The second-order valence-corrected chi connectivity index (χ2v) is 7.50. The molecule has 1 N–H and O–H groups in total. The summed E-state index contributed by atoms with van der Waals surface area (Å²) in [5.41, 5.74) is 3.79. The van der Waals surface area contributed by atoms with E-state index in [9.17, 15) is 9.59 Å². The summed E-state index contributed by atoms with van der Waals surface area (Å²) in [5, 5.41) is 3.20. The molecule has 1 heterocycles. The van der Waals surface area contributed by atoms with Crippen LogP contribution in [0.4, 0.5) is 11.4 Å². The van der Waals surface area contributed by atoms with E-state index in [1.807, 2.05) is 52.3 Å². The van der Waals surface area contributed by atoms with Gasteiger partial charge in [-0.3, -0.25) is 9.59 Å². The SMILES string of the molecule is CCCN(CCC)C(=O)c1ccc(NCC(=O)N2CCCc3ccccc32)cc1. The number of carbonyl (C=O) groups excluding carboxylic acids is 2. The van der Waals surface area contributed by atoms with Crippen LogP contribution in [-0.2, 0) is 11.2 Å². The van der Waals surface area contributed by atoms with Crippen LogP contribution in [-0.4, -0.2) is 42.9 Å². The Bertz CT molecular complexity index is 826. The Kier molecular flexibility index (Phi) is 7.28. The minimum atomic E-state index is 0.0642. The first-order valence-electron chi connectivity index (χ1n) is 10.7. The molecule has 0 saturated heterocycles. The fourth-order valence-electron chi connectivity index (χ4n) is 3.83. The van der Waals surface area contributed by atoms with Crippen LogP contribution in [0, 0.1) is 0 Å². The van der Waals surface area contributed by atoms with Crippen molar-refractivity contribution >= 4 is 23.2 Å². The van der Waals surface area contributed by atoms with Crippen molar-refractivity contribution in [2.24, 2.45) is 0 Å². The van der Waals surface area contributed by atoms with Gasteiger partial charge in [0.15, 0.2) is 0 Å². The summed E-state index contributed by atoms with van der Waals surface area (Å²) in [6.07, 6.45) is 3.92. The third kappa shape index (κ3) is 5.17. The van der Waals surface area contributed by atoms with E-state index in [1.54, 1.807) is 0 Å². The van der Waals surface area contributed by atoms with Gasteiger partial charge < -0.3 is 15.1 Å². The van der Waals surface area contributed by atoms with E-state index in [-0.39, 0.29) is 18.4 Å². The highest BCUT2D eigenvalue weighted by atomic mass is 16.2. The lowest BCUT2D eigenvalue weighted by Crippen LogP contribution is -2.39. The quantitative estimate of drug-likeness (QED) is 0.726. The summed E-state index contributed by atoms with van der Waals surface area (Å²) >= 11 is 0. The highest BCUT2D eigenvalue weighted by Crippen LogP contribution is 2.26. The fourth-order valence-corrected chi connectivity index (χ4v) is 3.83. The van der Waals surface area contributed by atoms with Gasteiger partial charge in [0.1, 0.15) is 0 Å². The van der Waals surface area contributed by atoms with Crippen molar-refractivity contribution in [1.29, 1.82) is 0 Å². The highest BCUT2D eigenvalue weighted by molar-refractivity contribution is 5.97. The predicted octanol–water partition coefficient (Wildman–Crippen LogP) is 4.34. The fraction of sp³-hybridized carbons (Fsp3) is 0.417.